The molecule has 0 amide bonds. The lowest BCUT2D eigenvalue weighted by atomic mass is 10.1. The summed E-state index contributed by atoms with van der Waals surface area (Å²) in [5.41, 5.74) is 1.20. The van der Waals surface area contributed by atoms with Crippen molar-refractivity contribution in [2.24, 2.45) is 0 Å². The van der Waals surface area contributed by atoms with Gasteiger partial charge in [-0.2, -0.15) is 0 Å². The summed E-state index contributed by atoms with van der Waals surface area (Å²) < 4.78 is 5.35. The Balaban J connectivity index is 1.92. The molecule has 1 aromatic heterocycles. The number of rotatable bonds is 5. The maximum atomic E-state index is 6.00. The number of nitrogens with one attached hydrogen (secondary N) is 1. The van der Waals surface area contributed by atoms with E-state index in [1.54, 1.807) is 6.26 Å². The summed E-state index contributed by atoms with van der Waals surface area (Å²) in [4.78, 5) is 0. The van der Waals surface area contributed by atoms with Crippen molar-refractivity contribution in [1.29, 1.82) is 0 Å². The smallest absolute Gasteiger partial charge is 0.105 e. The van der Waals surface area contributed by atoms with Gasteiger partial charge < -0.3 is 9.73 Å². The van der Waals surface area contributed by atoms with Gasteiger partial charge in [0.1, 0.15) is 5.76 Å². The van der Waals surface area contributed by atoms with Crippen molar-refractivity contribution in [3.63, 3.8) is 0 Å². The van der Waals surface area contributed by atoms with Crippen molar-refractivity contribution < 1.29 is 4.42 Å². The van der Waals surface area contributed by atoms with E-state index in [0.717, 1.165) is 17.2 Å². The van der Waals surface area contributed by atoms with Crippen molar-refractivity contribution in [3.05, 3.63) is 59.0 Å². The van der Waals surface area contributed by atoms with Gasteiger partial charge in [-0.15, -0.1) is 0 Å². The predicted molar refractivity (Wildman–Crippen MR) is 74.9 cm³/mol. The second-order valence-corrected chi connectivity index (χ2v) is 5.06. The summed E-state index contributed by atoms with van der Waals surface area (Å²) in [6.07, 6.45) is 2.60. The lowest BCUT2D eigenvalue weighted by Crippen LogP contribution is -2.30. The Bertz CT molecular complexity index is 481. The monoisotopic (exact) mass is 263 g/mol. The SMILES string of the molecule is CC(Cc1ccco1)N[C@H](C)c1cccc(Cl)c1. The summed E-state index contributed by atoms with van der Waals surface area (Å²) in [5, 5.41) is 4.32. The van der Waals surface area contributed by atoms with Gasteiger partial charge in [0.15, 0.2) is 0 Å². The van der Waals surface area contributed by atoms with E-state index in [-0.39, 0.29) is 6.04 Å². The number of halogens is 1. The standard InChI is InChI=1S/C15H18ClNO/c1-11(9-15-7-4-8-18-15)17-12(2)13-5-3-6-14(16)10-13/h3-8,10-12,17H,9H2,1-2H3/t11?,12-/m1/s1. The molecule has 0 aliphatic heterocycles. The van der Waals surface area contributed by atoms with Gasteiger partial charge in [0, 0.05) is 23.5 Å². The molecule has 18 heavy (non-hydrogen) atoms. The van der Waals surface area contributed by atoms with Crippen LogP contribution in [0.2, 0.25) is 5.02 Å². The van der Waals surface area contributed by atoms with Crippen LogP contribution in [0.4, 0.5) is 0 Å². The second-order valence-electron chi connectivity index (χ2n) is 4.63. The zero-order valence-corrected chi connectivity index (χ0v) is 11.4. The molecule has 2 aromatic rings. The molecule has 0 radical (unpaired) electrons. The quantitative estimate of drug-likeness (QED) is 0.874. The fourth-order valence-corrected chi connectivity index (χ4v) is 2.29. The fraction of sp³-hybridized carbons (Fsp3) is 0.333. The third-order valence-corrected chi connectivity index (χ3v) is 3.21. The molecule has 0 spiro atoms. The molecule has 2 rings (SSSR count). The summed E-state index contributed by atoms with van der Waals surface area (Å²) in [7, 11) is 0. The first kappa shape index (κ1) is 13.2. The highest BCUT2D eigenvalue weighted by Crippen LogP contribution is 2.18. The largest absolute Gasteiger partial charge is 0.469 e. The Labute approximate surface area is 113 Å². The molecule has 96 valence electrons. The van der Waals surface area contributed by atoms with Crippen LogP contribution in [0.5, 0.6) is 0 Å². The van der Waals surface area contributed by atoms with E-state index in [0.29, 0.717) is 6.04 Å². The topological polar surface area (TPSA) is 25.2 Å². The molecule has 0 bridgehead atoms. The van der Waals surface area contributed by atoms with Crippen molar-refractivity contribution in [3.8, 4) is 0 Å². The van der Waals surface area contributed by atoms with E-state index in [2.05, 4.69) is 25.2 Å². The lowest BCUT2D eigenvalue weighted by Gasteiger charge is -2.19. The third kappa shape index (κ3) is 3.62. The maximum absolute atomic E-state index is 6.00. The van der Waals surface area contributed by atoms with Gasteiger partial charge in [0.2, 0.25) is 0 Å². The number of hydrogen-bond acceptors (Lipinski definition) is 2. The molecule has 0 fully saturated rings. The molecule has 0 saturated carbocycles. The van der Waals surface area contributed by atoms with Crippen molar-refractivity contribution in [2.75, 3.05) is 0 Å². The van der Waals surface area contributed by atoms with E-state index in [9.17, 15) is 0 Å². The highest BCUT2D eigenvalue weighted by molar-refractivity contribution is 6.30. The average molecular weight is 264 g/mol. The summed E-state index contributed by atoms with van der Waals surface area (Å²) in [6.45, 7) is 4.30. The lowest BCUT2D eigenvalue weighted by molar-refractivity contribution is 0.429. The zero-order valence-electron chi connectivity index (χ0n) is 10.7. The first-order valence-electron chi connectivity index (χ1n) is 6.19. The van der Waals surface area contributed by atoms with Gasteiger partial charge in [0.05, 0.1) is 6.26 Å². The molecule has 1 heterocycles. The minimum atomic E-state index is 0.272. The molecule has 0 aliphatic rings. The van der Waals surface area contributed by atoms with Gasteiger partial charge in [0.25, 0.3) is 0 Å². The van der Waals surface area contributed by atoms with Gasteiger partial charge >= 0.3 is 0 Å². The van der Waals surface area contributed by atoms with Crippen LogP contribution in [0.25, 0.3) is 0 Å². The number of hydrogen-bond donors (Lipinski definition) is 1. The summed E-state index contributed by atoms with van der Waals surface area (Å²) in [6, 6.07) is 12.5. The van der Waals surface area contributed by atoms with Crippen molar-refractivity contribution >= 4 is 11.6 Å². The summed E-state index contributed by atoms with van der Waals surface area (Å²) >= 11 is 6.00. The van der Waals surface area contributed by atoms with E-state index >= 15 is 0 Å². The third-order valence-electron chi connectivity index (χ3n) is 2.97. The van der Waals surface area contributed by atoms with E-state index in [1.807, 2.05) is 30.3 Å². The van der Waals surface area contributed by atoms with Crippen LogP contribution >= 0.6 is 11.6 Å². The first-order valence-corrected chi connectivity index (χ1v) is 6.57. The Kier molecular flexibility index (Phi) is 4.45. The Morgan fingerprint density at radius 3 is 2.72 bits per heavy atom. The average Bonchev–Trinajstić information content (AvgIpc) is 2.81. The molecule has 1 unspecified atom stereocenters. The van der Waals surface area contributed by atoms with Gasteiger partial charge in [-0.3, -0.25) is 0 Å². The molecule has 2 atom stereocenters. The van der Waals surface area contributed by atoms with E-state index in [4.69, 9.17) is 16.0 Å². The Hall–Kier alpha value is -1.25. The Morgan fingerprint density at radius 1 is 1.22 bits per heavy atom. The van der Waals surface area contributed by atoms with Gasteiger partial charge in [-0.25, -0.2) is 0 Å². The van der Waals surface area contributed by atoms with Crippen LogP contribution in [0.3, 0.4) is 0 Å². The van der Waals surface area contributed by atoms with Crippen LogP contribution in [-0.2, 0) is 6.42 Å². The molecule has 2 nitrogen and oxygen atoms in total. The van der Waals surface area contributed by atoms with Crippen LogP contribution in [0.1, 0.15) is 31.2 Å². The second kappa shape index (κ2) is 6.07. The van der Waals surface area contributed by atoms with E-state index in [1.165, 1.54) is 5.56 Å². The molecule has 3 heteroatoms. The maximum Gasteiger partial charge on any atom is 0.105 e. The fourth-order valence-electron chi connectivity index (χ4n) is 2.09. The van der Waals surface area contributed by atoms with Crippen LogP contribution < -0.4 is 5.32 Å². The molecule has 0 saturated heterocycles. The first-order chi connectivity index (χ1) is 8.65. The van der Waals surface area contributed by atoms with Crippen LogP contribution in [0.15, 0.2) is 47.1 Å². The highest BCUT2D eigenvalue weighted by Gasteiger charge is 2.11. The van der Waals surface area contributed by atoms with Crippen molar-refractivity contribution in [1.82, 2.24) is 5.32 Å². The highest BCUT2D eigenvalue weighted by atomic mass is 35.5. The number of benzene rings is 1. The minimum Gasteiger partial charge on any atom is -0.469 e. The number of furan rings is 1. The molecule has 0 aliphatic carbocycles. The zero-order chi connectivity index (χ0) is 13.0. The molecular weight excluding hydrogens is 246 g/mol. The minimum absolute atomic E-state index is 0.272. The summed E-state index contributed by atoms with van der Waals surface area (Å²) in [5.74, 6) is 1.01. The van der Waals surface area contributed by atoms with Crippen LogP contribution in [0, 0.1) is 0 Å². The van der Waals surface area contributed by atoms with E-state index < -0.39 is 0 Å². The molecular formula is C15H18ClNO. The van der Waals surface area contributed by atoms with Gasteiger partial charge in [-0.05, 0) is 43.7 Å². The molecule has 1 aromatic carbocycles. The predicted octanol–water partition coefficient (Wildman–Crippen LogP) is 4.21. The normalized spacial score (nSPS) is 14.4. The van der Waals surface area contributed by atoms with Gasteiger partial charge in [-0.1, -0.05) is 23.7 Å². The molecule has 1 N–H and O–H groups in total. The van der Waals surface area contributed by atoms with Crippen LogP contribution in [-0.4, -0.2) is 6.04 Å². The van der Waals surface area contributed by atoms with Crippen molar-refractivity contribution in [2.45, 2.75) is 32.4 Å². The Morgan fingerprint density at radius 2 is 2.06 bits per heavy atom.